The normalized spacial score (nSPS) is 19.7. The van der Waals surface area contributed by atoms with Gasteiger partial charge >= 0.3 is 0 Å². The van der Waals surface area contributed by atoms with Gasteiger partial charge in [-0.05, 0) is 12.1 Å². The molecular formula is C14H14ClNO3. The number of rotatable bonds is 3. The summed E-state index contributed by atoms with van der Waals surface area (Å²) in [7, 11) is 0. The first-order valence-electron chi connectivity index (χ1n) is 6.27. The van der Waals surface area contributed by atoms with E-state index >= 15 is 0 Å². The maximum absolute atomic E-state index is 12.1. The summed E-state index contributed by atoms with van der Waals surface area (Å²) >= 11 is 6.03. The maximum atomic E-state index is 12.1. The molecule has 5 heteroatoms. The Morgan fingerprint density at radius 2 is 2.37 bits per heavy atom. The number of hydrogen-bond donors (Lipinski definition) is 1. The van der Waals surface area contributed by atoms with Gasteiger partial charge in [0.25, 0.3) is 0 Å². The maximum Gasteiger partial charge on any atom is 0.200 e. The van der Waals surface area contributed by atoms with E-state index in [-0.39, 0.29) is 11.9 Å². The lowest BCUT2D eigenvalue weighted by molar-refractivity contribution is 0.0234. The van der Waals surface area contributed by atoms with E-state index in [4.69, 9.17) is 20.8 Å². The molecule has 1 unspecified atom stereocenters. The van der Waals surface area contributed by atoms with Crippen molar-refractivity contribution in [3.05, 3.63) is 35.0 Å². The summed E-state index contributed by atoms with van der Waals surface area (Å²) in [6.45, 7) is 2.18. The van der Waals surface area contributed by atoms with Crippen molar-refractivity contribution >= 4 is 28.4 Å². The van der Waals surface area contributed by atoms with Crippen LogP contribution in [-0.4, -0.2) is 31.6 Å². The Morgan fingerprint density at radius 3 is 3.11 bits per heavy atom. The van der Waals surface area contributed by atoms with Gasteiger partial charge in [0.1, 0.15) is 0 Å². The van der Waals surface area contributed by atoms with Crippen LogP contribution in [0.15, 0.2) is 28.7 Å². The summed E-state index contributed by atoms with van der Waals surface area (Å²) in [6.07, 6.45) is 0.245. The van der Waals surface area contributed by atoms with Gasteiger partial charge in [-0.15, -0.1) is 0 Å². The van der Waals surface area contributed by atoms with Crippen LogP contribution in [0.1, 0.15) is 17.0 Å². The van der Waals surface area contributed by atoms with E-state index in [0.717, 1.165) is 11.9 Å². The van der Waals surface area contributed by atoms with Crippen molar-refractivity contribution in [2.45, 2.75) is 12.5 Å². The van der Waals surface area contributed by atoms with E-state index in [9.17, 15) is 4.79 Å². The largest absolute Gasteiger partial charge is 0.451 e. The van der Waals surface area contributed by atoms with E-state index in [0.29, 0.717) is 35.9 Å². The van der Waals surface area contributed by atoms with Gasteiger partial charge in [-0.25, -0.2) is 0 Å². The molecule has 4 nitrogen and oxygen atoms in total. The highest BCUT2D eigenvalue weighted by Gasteiger charge is 2.21. The van der Waals surface area contributed by atoms with Crippen LogP contribution >= 0.6 is 11.6 Å². The molecule has 19 heavy (non-hydrogen) atoms. The predicted octanol–water partition coefficient (Wildman–Crippen LogP) is 2.65. The number of carbonyl (C=O) groups is 1. The fourth-order valence-corrected chi connectivity index (χ4v) is 2.44. The van der Waals surface area contributed by atoms with Crippen LogP contribution in [0, 0.1) is 0 Å². The van der Waals surface area contributed by atoms with Crippen LogP contribution in [-0.2, 0) is 4.74 Å². The minimum atomic E-state index is -0.0788. The number of ether oxygens (including phenoxy) is 1. The van der Waals surface area contributed by atoms with Crippen LogP contribution in [0.2, 0.25) is 5.02 Å². The molecule has 3 rings (SSSR count). The number of halogens is 1. The Bertz CT molecular complexity index is 602. The van der Waals surface area contributed by atoms with Crippen molar-refractivity contribution in [1.29, 1.82) is 0 Å². The first-order chi connectivity index (χ1) is 9.24. The topological polar surface area (TPSA) is 51.5 Å². The third kappa shape index (κ3) is 2.66. The molecule has 2 aromatic rings. The number of Topliss-reactive ketones (excluding diaryl/α,β-unsaturated/α-hetero) is 1. The molecular weight excluding hydrogens is 266 g/mol. The highest BCUT2D eigenvalue weighted by molar-refractivity contribution is 6.34. The second-order valence-corrected chi connectivity index (χ2v) is 5.00. The summed E-state index contributed by atoms with van der Waals surface area (Å²) in [5.41, 5.74) is 0.565. The fraction of sp³-hybridized carbons (Fsp3) is 0.357. The summed E-state index contributed by atoms with van der Waals surface area (Å²) in [4.78, 5) is 12.1. The van der Waals surface area contributed by atoms with E-state index < -0.39 is 0 Å². The average Bonchev–Trinajstić information content (AvgIpc) is 2.85. The number of carbonyl (C=O) groups excluding carboxylic acids is 1. The Labute approximate surface area is 115 Å². The van der Waals surface area contributed by atoms with Gasteiger partial charge in [0.15, 0.2) is 11.3 Å². The Balaban J connectivity index is 1.79. The third-order valence-electron chi connectivity index (χ3n) is 3.19. The Morgan fingerprint density at radius 1 is 1.47 bits per heavy atom. The molecule has 1 N–H and O–H groups in total. The van der Waals surface area contributed by atoms with Crippen LogP contribution in [0.3, 0.4) is 0 Å². The predicted molar refractivity (Wildman–Crippen MR) is 72.8 cm³/mol. The monoisotopic (exact) mass is 279 g/mol. The van der Waals surface area contributed by atoms with E-state index in [1.165, 1.54) is 0 Å². The molecule has 2 heterocycles. The number of nitrogens with one attached hydrogen (secondary N) is 1. The zero-order chi connectivity index (χ0) is 13.2. The molecule has 1 aliphatic heterocycles. The molecule has 1 aromatic heterocycles. The lowest BCUT2D eigenvalue weighted by Crippen LogP contribution is -2.39. The number of ketones is 1. The molecule has 0 radical (unpaired) electrons. The third-order valence-corrected chi connectivity index (χ3v) is 3.49. The number of para-hydroxylation sites is 1. The molecule has 1 aromatic carbocycles. The van der Waals surface area contributed by atoms with Crippen molar-refractivity contribution in [3.63, 3.8) is 0 Å². The van der Waals surface area contributed by atoms with Gasteiger partial charge in [0, 0.05) is 24.9 Å². The van der Waals surface area contributed by atoms with Crippen LogP contribution in [0.4, 0.5) is 0 Å². The first-order valence-corrected chi connectivity index (χ1v) is 6.65. The molecule has 0 bridgehead atoms. The molecule has 100 valence electrons. The SMILES string of the molecule is O=C(CC1CNCCO1)c1cc2cccc(Cl)c2o1. The van der Waals surface area contributed by atoms with Crippen LogP contribution in [0.25, 0.3) is 11.0 Å². The molecule has 1 atom stereocenters. The lowest BCUT2D eigenvalue weighted by atomic mass is 10.1. The highest BCUT2D eigenvalue weighted by atomic mass is 35.5. The molecule has 0 spiro atoms. The van der Waals surface area contributed by atoms with Crippen molar-refractivity contribution in [2.75, 3.05) is 19.7 Å². The summed E-state index contributed by atoms with van der Waals surface area (Å²) in [5, 5.41) is 4.56. The second kappa shape index (κ2) is 5.33. The van der Waals surface area contributed by atoms with Crippen molar-refractivity contribution < 1.29 is 13.9 Å². The van der Waals surface area contributed by atoms with E-state index in [1.807, 2.05) is 12.1 Å². The molecule has 0 aliphatic carbocycles. The Kier molecular flexibility index (Phi) is 3.55. The quantitative estimate of drug-likeness (QED) is 0.878. The zero-order valence-electron chi connectivity index (χ0n) is 10.3. The number of fused-ring (bicyclic) bond motifs is 1. The summed E-state index contributed by atoms with van der Waals surface area (Å²) in [5.74, 6) is 0.290. The fourth-order valence-electron chi connectivity index (χ4n) is 2.22. The molecule has 1 saturated heterocycles. The molecule has 0 amide bonds. The van der Waals surface area contributed by atoms with Gasteiger partial charge in [-0.1, -0.05) is 23.7 Å². The van der Waals surface area contributed by atoms with E-state index in [2.05, 4.69) is 5.32 Å². The Hall–Kier alpha value is -1.36. The van der Waals surface area contributed by atoms with Crippen molar-refractivity contribution in [1.82, 2.24) is 5.32 Å². The number of benzene rings is 1. The summed E-state index contributed by atoms with van der Waals surface area (Å²) in [6, 6.07) is 7.19. The molecule has 0 saturated carbocycles. The highest BCUT2D eigenvalue weighted by Crippen LogP contribution is 2.27. The van der Waals surface area contributed by atoms with Gasteiger partial charge in [-0.2, -0.15) is 0 Å². The summed E-state index contributed by atoms with van der Waals surface area (Å²) < 4.78 is 11.1. The molecule has 1 fully saturated rings. The van der Waals surface area contributed by atoms with Gasteiger partial charge in [0.2, 0.25) is 5.78 Å². The smallest absolute Gasteiger partial charge is 0.200 e. The first kappa shape index (κ1) is 12.7. The van der Waals surface area contributed by atoms with Gasteiger partial charge in [0.05, 0.1) is 17.7 Å². The minimum Gasteiger partial charge on any atom is -0.451 e. The standard InChI is InChI=1S/C14H14ClNO3/c15-11-3-1-2-9-6-13(19-14(9)11)12(17)7-10-8-16-4-5-18-10/h1-3,6,10,16H,4-5,7-8H2. The van der Waals surface area contributed by atoms with Gasteiger partial charge in [-0.3, -0.25) is 4.79 Å². The number of furan rings is 1. The van der Waals surface area contributed by atoms with Gasteiger partial charge < -0.3 is 14.5 Å². The number of morpholine rings is 1. The minimum absolute atomic E-state index is 0.0547. The average molecular weight is 280 g/mol. The van der Waals surface area contributed by atoms with Crippen molar-refractivity contribution in [3.8, 4) is 0 Å². The van der Waals surface area contributed by atoms with Crippen LogP contribution in [0.5, 0.6) is 0 Å². The van der Waals surface area contributed by atoms with Crippen LogP contribution < -0.4 is 5.32 Å². The van der Waals surface area contributed by atoms with Crippen molar-refractivity contribution in [2.24, 2.45) is 0 Å². The second-order valence-electron chi connectivity index (χ2n) is 4.59. The zero-order valence-corrected chi connectivity index (χ0v) is 11.1. The van der Waals surface area contributed by atoms with E-state index in [1.54, 1.807) is 12.1 Å². The number of hydrogen-bond acceptors (Lipinski definition) is 4. The molecule has 1 aliphatic rings. The lowest BCUT2D eigenvalue weighted by Gasteiger charge is -2.22.